The van der Waals surface area contributed by atoms with E-state index in [2.05, 4.69) is 17.3 Å². The fourth-order valence-electron chi connectivity index (χ4n) is 3.08. The molecular formula is C14H30N2O2. The Hall–Kier alpha value is -0.160. The lowest BCUT2D eigenvalue weighted by Gasteiger charge is -2.35. The van der Waals surface area contributed by atoms with Crippen LogP contribution in [0.1, 0.15) is 25.7 Å². The molecule has 18 heavy (non-hydrogen) atoms. The molecule has 0 heterocycles. The summed E-state index contributed by atoms with van der Waals surface area (Å²) in [7, 11) is 5.61. The summed E-state index contributed by atoms with van der Waals surface area (Å²) in [6, 6.07) is 0. The molecule has 4 heteroatoms. The molecule has 0 amide bonds. The van der Waals surface area contributed by atoms with Crippen LogP contribution < -0.4 is 5.32 Å². The van der Waals surface area contributed by atoms with Crippen molar-refractivity contribution in [3.63, 3.8) is 0 Å². The van der Waals surface area contributed by atoms with Crippen LogP contribution in [0.2, 0.25) is 0 Å². The lowest BCUT2D eigenvalue weighted by Crippen LogP contribution is -2.44. The molecule has 0 radical (unpaired) electrons. The van der Waals surface area contributed by atoms with E-state index in [4.69, 9.17) is 9.47 Å². The van der Waals surface area contributed by atoms with E-state index in [0.717, 1.165) is 32.8 Å². The molecule has 0 unspecified atom stereocenters. The highest BCUT2D eigenvalue weighted by atomic mass is 16.5. The second-order valence-electron chi connectivity index (χ2n) is 5.50. The zero-order valence-corrected chi connectivity index (χ0v) is 12.3. The molecule has 4 nitrogen and oxygen atoms in total. The van der Waals surface area contributed by atoms with Crippen LogP contribution in [0.3, 0.4) is 0 Å². The molecule has 108 valence electrons. The Kier molecular flexibility index (Phi) is 7.82. The molecule has 0 aromatic rings. The minimum absolute atomic E-state index is 0.468. The van der Waals surface area contributed by atoms with Gasteiger partial charge in [0.2, 0.25) is 0 Å². The second-order valence-corrected chi connectivity index (χ2v) is 5.50. The van der Waals surface area contributed by atoms with Gasteiger partial charge in [-0.2, -0.15) is 0 Å². The van der Waals surface area contributed by atoms with Gasteiger partial charge in [0.1, 0.15) is 0 Å². The summed E-state index contributed by atoms with van der Waals surface area (Å²) < 4.78 is 10.4. The van der Waals surface area contributed by atoms with E-state index in [1.807, 2.05) is 0 Å². The monoisotopic (exact) mass is 258 g/mol. The van der Waals surface area contributed by atoms with E-state index in [1.54, 1.807) is 14.2 Å². The number of hydrogen-bond acceptors (Lipinski definition) is 4. The first kappa shape index (κ1) is 15.9. The van der Waals surface area contributed by atoms with Gasteiger partial charge in [-0.15, -0.1) is 0 Å². The normalized spacial score (nSPS) is 18.7. The first-order valence-electron chi connectivity index (χ1n) is 7.11. The zero-order chi connectivity index (χ0) is 13.3. The van der Waals surface area contributed by atoms with E-state index >= 15 is 0 Å². The summed E-state index contributed by atoms with van der Waals surface area (Å²) in [6.45, 7) is 5.92. The van der Waals surface area contributed by atoms with Gasteiger partial charge in [0.05, 0.1) is 13.2 Å². The van der Waals surface area contributed by atoms with E-state index in [9.17, 15) is 0 Å². The molecule has 0 aromatic carbocycles. The third-order valence-corrected chi connectivity index (χ3v) is 4.00. The number of rotatable bonds is 10. The fourth-order valence-corrected chi connectivity index (χ4v) is 3.08. The molecule has 1 fully saturated rings. The van der Waals surface area contributed by atoms with Crippen molar-refractivity contribution in [2.45, 2.75) is 25.7 Å². The van der Waals surface area contributed by atoms with E-state index in [0.29, 0.717) is 5.41 Å². The number of methoxy groups -OCH3 is 2. The first-order chi connectivity index (χ1) is 8.76. The van der Waals surface area contributed by atoms with Crippen LogP contribution in [-0.4, -0.2) is 65.6 Å². The number of ether oxygens (including phenoxy) is 2. The topological polar surface area (TPSA) is 33.7 Å². The molecule has 1 aliphatic carbocycles. The Bertz CT molecular complexity index is 198. The molecule has 1 rings (SSSR count). The van der Waals surface area contributed by atoms with Crippen molar-refractivity contribution < 1.29 is 9.47 Å². The van der Waals surface area contributed by atoms with Crippen molar-refractivity contribution in [2.75, 3.05) is 60.7 Å². The number of nitrogens with zero attached hydrogens (tertiary/aromatic N) is 1. The highest BCUT2D eigenvalue weighted by Gasteiger charge is 2.34. The standard InChI is InChI=1S/C14H30N2O2/c1-15-12-14(6-4-5-7-14)13-16(8-10-17-2)9-11-18-3/h15H,4-13H2,1-3H3. The van der Waals surface area contributed by atoms with Crippen molar-refractivity contribution in [3.05, 3.63) is 0 Å². The lowest BCUT2D eigenvalue weighted by molar-refractivity contribution is 0.0802. The van der Waals surface area contributed by atoms with Crippen LogP contribution in [-0.2, 0) is 9.47 Å². The smallest absolute Gasteiger partial charge is 0.0589 e. The van der Waals surface area contributed by atoms with Crippen molar-refractivity contribution >= 4 is 0 Å². The Balaban J connectivity index is 2.49. The van der Waals surface area contributed by atoms with Gasteiger partial charge in [0.15, 0.2) is 0 Å². The van der Waals surface area contributed by atoms with Crippen LogP contribution >= 0.6 is 0 Å². The molecule has 1 saturated carbocycles. The minimum Gasteiger partial charge on any atom is -0.383 e. The van der Waals surface area contributed by atoms with Crippen LogP contribution in [0.15, 0.2) is 0 Å². The van der Waals surface area contributed by atoms with Crippen molar-refractivity contribution in [3.8, 4) is 0 Å². The van der Waals surface area contributed by atoms with Gasteiger partial charge in [-0.3, -0.25) is 4.90 Å². The molecule has 0 spiro atoms. The molecule has 1 aliphatic rings. The second kappa shape index (κ2) is 8.86. The molecule has 0 saturated heterocycles. The summed E-state index contributed by atoms with van der Waals surface area (Å²) in [6.07, 6.45) is 5.46. The summed E-state index contributed by atoms with van der Waals surface area (Å²) in [5.74, 6) is 0. The minimum atomic E-state index is 0.468. The van der Waals surface area contributed by atoms with E-state index in [-0.39, 0.29) is 0 Å². The van der Waals surface area contributed by atoms with Crippen molar-refractivity contribution in [1.29, 1.82) is 0 Å². The SMILES string of the molecule is CNCC1(CN(CCOC)CCOC)CCCC1. The first-order valence-corrected chi connectivity index (χ1v) is 7.11. The van der Waals surface area contributed by atoms with Gasteiger partial charge < -0.3 is 14.8 Å². The predicted octanol–water partition coefficient (Wildman–Crippen LogP) is 1.36. The van der Waals surface area contributed by atoms with E-state index in [1.165, 1.54) is 32.2 Å². The molecule has 0 atom stereocenters. The average Bonchev–Trinajstić information content (AvgIpc) is 2.82. The highest BCUT2D eigenvalue weighted by Crippen LogP contribution is 2.38. The largest absolute Gasteiger partial charge is 0.383 e. The predicted molar refractivity (Wildman–Crippen MR) is 75.0 cm³/mol. The maximum Gasteiger partial charge on any atom is 0.0589 e. The Morgan fingerprint density at radius 2 is 1.61 bits per heavy atom. The maximum absolute atomic E-state index is 5.21. The van der Waals surface area contributed by atoms with Gasteiger partial charge in [-0.25, -0.2) is 0 Å². The third-order valence-electron chi connectivity index (χ3n) is 4.00. The van der Waals surface area contributed by atoms with Crippen LogP contribution in [0, 0.1) is 5.41 Å². The van der Waals surface area contributed by atoms with Gasteiger partial charge in [0, 0.05) is 40.4 Å². The zero-order valence-electron chi connectivity index (χ0n) is 12.3. The number of nitrogens with one attached hydrogen (secondary N) is 1. The van der Waals surface area contributed by atoms with Crippen LogP contribution in [0.4, 0.5) is 0 Å². The van der Waals surface area contributed by atoms with Crippen LogP contribution in [0.5, 0.6) is 0 Å². The summed E-state index contributed by atoms with van der Waals surface area (Å²) >= 11 is 0. The molecule has 0 bridgehead atoms. The summed E-state index contributed by atoms with van der Waals surface area (Å²) in [5, 5.41) is 3.38. The Morgan fingerprint density at radius 3 is 2.06 bits per heavy atom. The summed E-state index contributed by atoms with van der Waals surface area (Å²) in [4.78, 5) is 2.50. The quantitative estimate of drug-likeness (QED) is 0.641. The third kappa shape index (κ3) is 5.22. The van der Waals surface area contributed by atoms with Crippen LogP contribution in [0.25, 0.3) is 0 Å². The van der Waals surface area contributed by atoms with Crippen molar-refractivity contribution in [2.24, 2.45) is 5.41 Å². The van der Waals surface area contributed by atoms with Crippen molar-refractivity contribution in [1.82, 2.24) is 10.2 Å². The number of hydrogen-bond donors (Lipinski definition) is 1. The summed E-state index contributed by atoms with van der Waals surface area (Å²) in [5.41, 5.74) is 0.468. The Morgan fingerprint density at radius 1 is 1.06 bits per heavy atom. The molecule has 1 N–H and O–H groups in total. The maximum atomic E-state index is 5.21. The lowest BCUT2D eigenvalue weighted by atomic mass is 9.85. The van der Waals surface area contributed by atoms with Gasteiger partial charge in [0.25, 0.3) is 0 Å². The van der Waals surface area contributed by atoms with E-state index < -0.39 is 0 Å². The molecule has 0 aliphatic heterocycles. The fraction of sp³-hybridized carbons (Fsp3) is 1.00. The molecule has 0 aromatic heterocycles. The highest BCUT2D eigenvalue weighted by molar-refractivity contribution is 4.89. The molecular weight excluding hydrogens is 228 g/mol. The van der Waals surface area contributed by atoms with Gasteiger partial charge >= 0.3 is 0 Å². The average molecular weight is 258 g/mol. The van der Waals surface area contributed by atoms with Gasteiger partial charge in [-0.05, 0) is 25.3 Å². The van der Waals surface area contributed by atoms with Gasteiger partial charge in [-0.1, -0.05) is 12.8 Å². The Labute approximate surface area is 112 Å².